The number of ether oxygens (including phenoxy) is 2. The Labute approximate surface area is 193 Å². The van der Waals surface area contributed by atoms with Crippen molar-refractivity contribution in [1.29, 1.82) is 0 Å². The molecule has 1 aromatic heterocycles. The molecule has 180 valence electrons. The van der Waals surface area contributed by atoms with E-state index in [0.29, 0.717) is 11.1 Å². The Kier molecular flexibility index (Phi) is 7.29. The molecule has 3 unspecified atom stereocenters. The SMILES string of the molecule is O=C(O)[C@@H](OCc1ccccc1)[C@@H]1OC(CO)[C@H](O)C(n2cc(-c3cccc(F)c3)nn2)C1O. The molecule has 0 aliphatic carbocycles. The van der Waals surface area contributed by atoms with Gasteiger partial charge in [0.2, 0.25) is 0 Å². The molecule has 2 heterocycles. The number of aliphatic carboxylic acids is 1. The summed E-state index contributed by atoms with van der Waals surface area (Å²) in [6, 6.07) is 13.3. The molecule has 1 fully saturated rings. The number of aliphatic hydroxyl groups is 3. The topological polar surface area (TPSA) is 147 Å². The second-order valence-electron chi connectivity index (χ2n) is 7.94. The summed E-state index contributed by atoms with van der Waals surface area (Å²) in [4.78, 5) is 12.0. The molecule has 1 saturated heterocycles. The van der Waals surface area contributed by atoms with Gasteiger partial charge in [-0.3, -0.25) is 0 Å². The molecule has 0 radical (unpaired) electrons. The molecule has 1 aliphatic rings. The molecule has 0 saturated carbocycles. The second kappa shape index (κ2) is 10.4. The lowest BCUT2D eigenvalue weighted by atomic mass is 9.90. The van der Waals surface area contributed by atoms with Crippen molar-refractivity contribution in [2.45, 2.75) is 43.2 Å². The summed E-state index contributed by atoms with van der Waals surface area (Å²) in [5.41, 5.74) is 1.41. The maximum atomic E-state index is 13.6. The van der Waals surface area contributed by atoms with Crippen LogP contribution in [0, 0.1) is 5.82 Å². The molecule has 11 heteroatoms. The summed E-state index contributed by atoms with van der Waals surface area (Å²) in [7, 11) is 0. The fourth-order valence-electron chi connectivity index (χ4n) is 3.96. The van der Waals surface area contributed by atoms with Crippen LogP contribution in [0.2, 0.25) is 0 Å². The van der Waals surface area contributed by atoms with E-state index in [4.69, 9.17) is 9.47 Å². The molecule has 1 aliphatic heterocycles. The monoisotopic (exact) mass is 473 g/mol. The number of rotatable bonds is 8. The van der Waals surface area contributed by atoms with Crippen LogP contribution in [0.3, 0.4) is 0 Å². The van der Waals surface area contributed by atoms with E-state index in [1.54, 1.807) is 36.4 Å². The van der Waals surface area contributed by atoms with Gasteiger partial charge in [-0.1, -0.05) is 47.7 Å². The first kappa shape index (κ1) is 23.9. The number of benzene rings is 2. The lowest BCUT2D eigenvalue weighted by Gasteiger charge is -2.43. The summed E-state index contributed by atoms with van der Waals surface area (Å²) in [6.45, 7) is -0.703. The fraction of sp³-hybridized carbons (Fsp3) is 0.348. The van der Waals surface area contributed by atoms with Gasteiger partial charge in [-0.2, -0.15) is 0 Å². The van der Waals surface area contributed by atoms with Crippen molar-refractivity contribution >= 4 is 5.97 Å². The maximum absolute atomic E-state index is 13.6. The number of carbonyl (C=O) groups is 1. The molecule has 0 spiro atoms. The van der Waals surface area contributed by atoms with Gasteiger partial charge >= 0.3 is 5.97 Å². The van der Waals surface area contributed by atoms with Gasteiger partial charge in [-0.15, -0.1) is 5.10 Å². The van der Waals surface area contributed by atoms with E-state index in [9.17, 15) is 29.6 Å². The standard InChI is InChI=1S/C23H24FN3O7/c24-15-8-4-7-14(9-15)16-10-27(26-25-16)18-19(29)17(11-28)34-21(20(18)30)22(23(31)32)33-12-13-5-2-1-3-6-13/h1-10,17-22,28-30H,11-12H2,(H,31,32)/t17?,18?,19-,20?,21+,22-/m0/s1. The third-order valence-electron chi connectivity index (χ3n) is 5.68. The van der Waals surface area contributed by atoms with Gasteiger partial charge in [0.05, 0.1) is 19.4 Å². The lowest BCUT2D eigenvalue weighted by molar-refractivity contribution is -0.238. The summed E-state index contributed by atoms with van der Waals surface area (Å²) in [5.74, 6) is -1.86. The third-order valence-corrected chi connectivity index (χ3v) is 5.68. The van der Waals surface area contributed by atoms with Gasteiger partial charge in [-0.25, -0.2) is 13.9 Å². The van der Waals surface area contributed by atoms with Gasteiger partial charge in [-0.05, 0) is 17.7 Å². The molecule has 34 heavy (non-hydrogen) atoms. The zero-order chi connectivity index (χ0) is 24.2. The van der Waals surface area contributed by atoms with Crippen molar-refractivity contribution in [2.75, 3.05) is 6.61 Å². The van der Waals surface area contributed by atoms with E-state index in [2.05, 4.69) is 10.3 Å². The van der Waals surface area contributed by atoms with E-state index < -0.39 is 55.0 Å². The lowest BCUT2D eigenvalue weighted by Crippen LogP contribution is -2.60. The number of carboxylic acids is 1. The summed E-state index contributed by atoms with van der Waals surface area (Å²) < 4.78 is 25.9. The molecule has 6 atom stereocenters. The van der Waals surface area contributed by atoms with E-state index >= 15 is 0 Å². The Morgan fingerprint density at radius 2 is 1.91 bits per heavy atom. The smallest absolute Gasteiger partial charge is 0.335 e. The molecule has 10 nitrogen and oxygen atoms in total. The van der Waals surface area contributed by atoms with Gasteiger partial charge in [0.15, 0.2) is 6.10 Å². The van der Waals surface area contributed by atoms with Crippen LogP contribution in [0.1, 0.15) is 11.6 Å². The van der Waals surface area contributed by atoms with Crippen molar-refractivity contribution in [3.63, 3.8) is 0 Å². The Morgan fingerprint density at radius 3 is 2.59 bits per heavy atom. The molecule has 2 aromatic carbocycles. The van der Waals surface area contributed by atoms with Crippen molar-refractivity contribution in [3.8, 4) is 11.3 Å². The van der Waals surface area contributed by atoms with Gasteiger partial charge in [0.25, 0.3) is 0 Å². The largest absolute Gasteiger partial charge is 0.479 e. The van der Waals surface area contributed by atoms with Crippen LogP contribution in [0.15, 0.2) is 60.8 Å². The minimum atomic E-state index is -1.61. The van der Waals surface area contributed by atoms with Gasteiger partial charge < -0.3 is 29.9 Å². The Hall–Kier alpha value is -3.22. The average Bonchev–Trinajstić information content (AvgIpc) is 3.31. The zero-order valence-corrected chi connectivity index (χ0v) is 17.9. The number of aromatic nitrogens is 3. The quantitative estimate of drug-likeness (QED) is 0.373. The van der Waals surface area contributed by atoms with Crippen LogP contribution in [-0.4, -0.2) is 78.5 Å². The first-order valence-electron chi connectivity index (χ1n) is 10.6. The number of aliphatic hydroxyl groups excluding tert-OH is 3. The molecular formula is C23H24FN3O7. The highest BCUT2D eigenvalue weighted by Gasteiger charge is 2.50. The fourth-order valence-corrected chi connectivity index (χ4v) is 3.96. The maximum Gasteiger partial charge on any atom is 0.335 e. The normalized spacial score (nSPS) is 25.7. The van der Waals surface area contributed by atoms with Crippen molar-refractivity contribution in [1.82, 2.24) is 15.0 Å². The Bertz CT molecular complexity index is 1110. The van der Waals surface area contributed by atoms with Crippen molar-refractivity contribution < 1.29 is 39.1 Å². The highest BCUT2D eigenvalue weighted by atomic mass is 19.1. The first-order valence-corrected chi connectivity index (χ1v) is 10.6. The predicted octanol–water partition coefficient (Wildman–Crippen LogP) is 0.777. The number of hydrogen-bond acceptors (Lipinski definition) is 8. The summed E-state index contributed by atoms with van der Waals surface area (Å²) >= 11 is 0. The number of hydrogen-bond donors (Lipinski definition) is 4. The number of carboxylic acid groups (broad SMARTS) is 1. The van der Waals surface area contributed by atoms with Gasteiger partial charge in [0.1, 0.15) is 42.0 Å². The van der Waals surface area contributed by atoms with Crippen molar-refractivity contribution in [2.24, 2.45) is 0 Å². The Balaban J connectivity index is 1.60. The van der Waals surface area contributed by atoms with Crippen LogP contribution >= 0.6 is 0 Å². The van der Waals surface area contributed by atoms with Crippen LogP contribution in [-0.2, 0) is 20.9 Å². The minimum absolute atomic E-state index is 0.0611. The van der Waals surface area contributed by atoms with Gasteiger partial charge in [0, 0.05) is 5.56 Å². The molecule has 0 amide bonds. The predicted molar refractivity (Wildman–Crippen MR) is 115 cm³/mol. The van der Waals surface area contributed by atoms with Crippen LogP contribution in [0.5, 0.6) is 0 Å². The van der Waals surface area contributed by atoms with E-state index in [1.165, 1.54) is 24.4 Å². The zero-order valence-electron chi connectivity index (χ0n) is 17.9. The second-order valence-corrected chi connectivity index (χ2v) is 7.94. The number of halogens is 1. The van der Waals surface area contributed by atoms with E-state index in [0.717, 1.165) is 4.68 Å². The highest BCUT2D eigenvalue weighted by Crippen LogP contribution is 2.33. The van der Waals surface area contributed by atoms with E-state index in [1.807, 2.05) is 0 Å². The first-order chi connectivity index (χ1) is 16.4. The molecule has 4 N–H and O–H groups in total. The molecule has 0 bridgehead atoms. The summed E-state index contributed by atoms with van der Waals surface area (Å²) in [6.07, 6.45) is -5.90. The molecule has 3 aromatic rings. The van der Waals surface area contributed by atoms with E-state index in [-0.39, 0.29) is 12.3 Å². The summed E-state index contributed by atoms with van der Waals surface area (Å²) in [5, 5.41) is 49.2. The number of nitrogens with zero attached hydrogens (tertiary/aromatic N) is 3. The van der Waals surface area contributed by atoms with Crippen LogP contribution < -0.4 is 0 Å². The van der Waals surface area contributed by atoms with Crippen LogP contribution in [0.4, 0.5) is 4.39 Å². The molecule has 4 rings (SSSR count). The van der Waals surface area contributed by atoms with Crippen LogP contribution in [0.25, 0.3) is 11.3 Å². The highest BCUT2D eigenvalue weighted by molar-refractivity contribution is 5.73. The molecular weight excluding hydrogens is 449 g/mol. The third kappa shape index (κ3) is 4.98. The average molecular weight is 473 g/mol. The van der Waals surface area contributed by atoms with Crippen molar-refractivity contribution in [3.05, 3.63) is 72.2 Å². The minimum Gasteiger partial charge on any atom is -0.479 e. The Morgan fingerprint density at radius 1 is 1.15 bits per heavy atom.